The lowest BCUT2D eigenvalue weighted by molar-refractivity contribution is -0.129. The van der Waals surface area contributed by atoms with Gasteiger partial charge in [-0.25, -0.2) is 4.79 Å². The molecule has 0 saturated carbocycles. The van der Waals surface area contributed by atoms with Crippen LogP contribution in [-0.4, -0.2) is 42.6 Å². The SMILES string of the molecule is CCCCN(C)C(=O)CNC(=O)OC(C)(C)C. The van der Waals surface area contributed by atoms with Crippen LogP contribution >= 0.6 is 0 Å². The summed E-state index contributed by atoms with van der Waals surface area (Å²) in [6.07, 6.45) is 1.45. The quantitative estimate of drug-likeness (QED) is 0.801. The van der Waals surface area contributed by atoms with Crippen molar-refractivity contribution in [3.8, 4) is 0 Å². The fraction of sp³-hybridized carbons (Fsp3) is 0.833. The van der Waals surface area contributed by atoms with E-state index in [0.29, 0.717) is 6.54 Å². The fourth-order valence-electron chi connectivity index (χ4n) is 1.12. The van der Waals surface area contributed by atoms with E-state index < -0.39 is 11.7 Å². The summed E-state index contributed by atoms with van der Waals surface area (Å²) in [5, 5.41) is 2.44. The summed E-state index contributed by atoms with van der Waals surface area (Å²) in [4.78, 5) is 24.5. The van der Waals surface area contributed by atoms with Gasteiger partial charge in [0.05, 0.1) is 0 Å². The molecule has 0 saturated heterocycles. The molecule has 0 aliphatic rings. The van der Waals surface area contributed by atoms with Crippen LogP contribution in [0.2, 0.25) is 0 Å². The highest BCUT2D eigenvalue weighted by atomic mass is 16.6. The molecular weight excluding hydrogens is 220 g/mol. The molecule has 0 aliphatic heterocycles. The number of unbranched alkanes of at least 4 members (excludes halogenated alkanes) is 1. The van der Waals surface area contributed by atoms with Crippen LogP contribution in [0.3, 0.4) is 0 Å². The van der Waals surface area contributed by atoms with Crippen LogP contribution in [0.1, 0.15) is 40.5 Å². The zero-order valence-corrected chi connectivity index (χ0v) is 11.5. The third kappa shape index (κ3) is 8.54. The molecule has 0 aromatic heterocycles. The van der Waals surface area contributed by atoms with Crippen molar-refractivity contribution in [2.75, 3.05) is 20.1 Å². The van der Waals surface area contributed by atoms with E-state index in [9.17, 15) is 9.59 Å². The first-order valence-corrected chi connectivity index (χ1v) is 5.97. The number of carbonyl (C=O) groups excluding carboxylic acids is 2. The summed E-state index contributed by atoms with van der Waals surface area (Å²) in [7, 11) is 1.73. The monoisotopic (exact) mass is 244 g/mol. The molecule has 0 aromatic rings. The number of nitrogens with one attached hydrogen (secondary N) is 1. The van der Waals surface area contributed by atoms with Gasteiger partial charge in [0, 0.05) is 13.6 Å². The number of ether oxygens (including phenoxy) is 1. The zero-order valence-electron chi connectivity index (χ0n) is 11.5. The molecule has 2 amide bonds. The predicted octanol–water partition coefficient (Wildman–Crippen LogP) is 1.77. The molecule has 0 spiro atoms. The van der Waals surface area contributed by atoms with E-state index in [-0.39, 0.29) is 12.5 Å². The van der Waals surface area contributed by atoms with Gasteiger partial charge in [0.25, 0.3) is 0 Å². The Morgan fingerprint density at radius 1 is 1.29 bits per heavy atom. The highest BCUT2D eigenvalue weighted by molar-refractivity contribution is 5.82. The van der Waals surface area contributed by atoms with Crippen molar-refractivity contribution in [2.45, 2.75) is 46.1 Å². The van der Waals surface area contributed by atoms with Crippen LogP contribution in [0.4, 0.5) is 4.79 Å². The number of rotatable bonds is 5. The number of carbonyl (C=O) groups is 2. The van der Waals surface area contributed by atoms with Gasteiger partial charge in [0.15, 0.2) is 0 Å². The van der Waals surface area contributed by atoms with Gasteiger partial charge in [-0.3, -0.25) is 4.79 Å². The Kier molecular flexibility index (Phi) is 6.61. The minimum Gasteiger partial charge on any atom is -0.444 e. The summed E-state index contributed by atoms with van der Waals surface area (Å²) in [6.45, 7) is 8.10. The first-order chi connectivity index (χ1) is 7.76. The number of hydrogen-bond donors (Lipinski definition) is 1. The molecule has 5 heteroatoms. The maximum Gasteiger partial charge on any atom is 0.408 e. The molecule has 0 aromatic carbocycles. The Labute approximate surface area is 103 Å². The minimum atomic E-state index is -0.560. The van der Waals surface area contributed by atoms with E-state index in [4.69, 9.17) is 4.74 Å². The van der Waals surface area contributed by atoms with E-state index in [1.54, 1.807) is 32.7 Å². The van der Waals surface area contributed by atoms with Gasteiger partial charge >= 0.3 is 6.09 Å². The lowest BCUT2D eigenvalue weighted by Gasteiger charge is -2.21. The van der Waals surface area contributed by atoms with Crippen LogP contribution in [-0.2, 0) is 9.53 Å². The fourth-order valence-corrected chi connectivity index (χ4v) is 1.12. The summed E-state index contributed by atoms with van der Waals surface area (Å²) in [5.41, 5.74) is -0.540. The van der Waals surface area contributed by atoms with Gasteiger partial charge in [-0.1, -0.05) is 13.3 Å². The van der Waals surface area contributed by atoms with Crippen LogP contribution < -0.4 is 5.32 Å². The van der Waals surface area contributed by atoms with E-state index in [1.165, 1.54) is 0 Å². The molecule has 0 heterocycles. The molecule has 0 radical (unpaired) electrons. The number of likely N-dealkylation sites (N-methyl/N-ethyl adjacent to an activating group) is 1. The van der Waals surface area contributed by atoms with E-state index in [2.05, 4.69) is 12.2 Å². The predicted molar refractivity (Wildman–Crippen MR) is 66.8 cm³/mol. The Hall–Kier alpha value is -1.26. The molecular formula is C12H24N2O3. The van der Waals surface area contributed by atoms with Crippen LogP contribution in [0.15, 0.2) is 0 Å². The van der Waals surface area contributed by atoms with Crippen LogP contribution in [0.25, 0.3) is 0 Å². The number of amides is 2. The molecule has 100 valence electrons. The van der Waals surface area contributed by atoms with Crippen molar-refractivity contribution in [3.63, 3.8) is 0 Å². The third-order valence-electron chi connectivity index (χ3n) is 2.06. The van der Waals surface area contributed by atoms with Gasteiger partial charge in [0.2, 0.25) is 5.91 Å². The van der Waals surface area contributed by atoms with Crippen LogP contribution in [0, 0.1) is 0 Å². The molecule has 0 bridgehead atoms. The molecule has 1 N–H and O–H groups in total. The average molecular weight is 244 g/mol. The van der Waals surface area contributed by atoms with Crippen molar-refractivity contribution in [2.24, 2.45) is 0 Å². The molecule has 5 nitrogen and oxygen atoms in total. The molecule has 0 unspecified atom stereocenters. The average Bonchev–Trinajstić information content (AvgIpc) is 2.20. The van der Waals surface area contributed by atoms with Crippen LogP contribution in [0.5, 0.6) is 0 Å². The van der Waals surface area contributed by atoms with Crippen molar-refractivity contribution < 1.29 is 14.3 Å². The molecule has 0 atom stereocenters. The zero-order chi connectivity index (χ0) is 13.5. The summed E-state index contributed by atoms with van der Waals surface area (Å²) in [5.74, 6) is -0.107. The topological polar surface area (TPSA) is 58.6 Å². The van der Waals surface area contributed by atoms with Gasteiger partial charge in [-0.15, -0.1) is 0 Å². The van der Waals surface area contributed by atoms with Gasteiger partial charge < -0.3 is 15.0 Å². The van der Waals surface area contributed by atoms with Gasteiger partial charge in [-0.05, 0) is 27.2 Å². The number of alkyl carbamates (subject to hydrolysis) is 1. The van der Waals surface area contributed by atoms with Crippen molar-refractivity contribution in [1.82, 2.24) is 10.2 Å². The van der Waals surface area contributed by atoms with Gasteiger partial charge in [-0.2, -0.15) is 0 Å². The van der Waals surface area contributed by atoms with Crippen molar-refractivity contribution >= 4 is 12.0 Å². The smallest absolute Gasteiger partial charge is 0.408 e. The maximum absolute atomic E-state index is 11.6. The maximum atomic E-state index is 11.6. The second-order valence-corrected chi connectivity index (χ2v) is 5.02. The number of hydrogen-bond acceptors (Lipinski definition) is 3. The first-order valence-electron chi connectivity index (χ1n) is 5.97. The highest BCUT2D eigenvalue weighted by Gasteiger charge is 2.17. The van der Waals surface area contributed by atoms with Crippen molar-refractivity contribution in [1.29, 1.82) is 0 Å². The largest absolute Gasteiger partial charge is 0.444 e. The highest BCUT2D eigenvalue weighted by Crippen LogP contribution is 2.06. The lowest BCUT2D eigenvalue weighted by Crippen LogP contribution is -2.40. The Balaban J connectivity index is 3.87. The summed E-state index contributed by atoms with van der Waals surface area (Å²) < 4.78 is 5.03. The minimum absolute atomic E-state index is 0.0187. The van der Waals surface area contributed by atoms with Gasteiger partial charge in [0.1, 0.15) is 12.1 Å². The molecule has 17 heavy (non-hydrogen) atoms. The standard InChI is InChI=1S/C12H24N2O3/c1-6-7-8-14(5)10(15)9-13-11(16)17-12(2,3)4/h6-9H2,1-5H3,(H,13,16). The Morgan fingerprint density at radius 2 is 1.88 bits per heavy atom. The summed E-state index contributed by atoms with van der Waals surface area (Å²) >= 11 is 0. The second-order valence-electron chi connectivity index (χ2n) is 5.02. The van der Waals surface area contributed by atoms with E-state index >= 15 is 0 Å². The lowest BCUT2D eigenvalue weighted by atomic mass is 10.2. The second kappa shape index (κ2) is 7.14. The first kappa shape index (κ1) is 15.7. The summed E-state index contributed by atoms with van der Waals surface area (Å²) in [6, 6.07) is 0. The molecule has 0 rings (SSSR count). The van der Waals surface area contributed by atoms with E-state index in [0.717, 1.165) is 12.8 Å². The van der Waals surface area contributed by atoms with E-state index in [1.807, 2.05) is 0 Å². The van der Waals surface area contributed by atoms with Crippen molar-refractivity contribution in [3.05, 3.63) is 0 Å². The normalized spacial score (nSPS) is 10.9. The molecule has 0 fully saturated rings. The Bertz CT molecular complexity index is 259. The molecule has 0 aliphatic carbocycles. The Morgan fingerprint density at radius 3 is 2.35 bits per heavy atom. The third-order valence-corrected chi connectivity index (χ3v) is 2.06. The number of nitrogens with zero attached hydrogens (tertiary/aromatic N) is 1.